The highest BCUT2D eigenvalue weighted by atomic mass is 16.5. The molecule has 0 aliphatic carbocycles. The highest BCUT2D eigenvalue weighted by molar-refractivity contribution is 5.99. The first-order chi connectivity index (χ1) is 13.0. The van der Waals surface area contributed by atoms with Crippen LogP contribution in [0.3, 0.4) is 0 Å². The Morgan fingerprint density at radius 3 is 2.70 bits per heavy atom. The summed E-state index contributed by atoms with van der Waals surface area (Å²) >= 11 is 0. The van der Waals surface area contributed by atoms with Gasteiger partial charge in [-0.15, -0.1) is 0 Å². The Balaban J connectivity index is 1.56. The summed E-state index contributed by atoms with van der Waals surface area (Å²) in [5.41, 5.74) is 2.21. The summed E-state index contributed by atoms with van der Waals surface area (Å²) in [6.07, 6.45) is 1.55. The molecule has 142 valence electrons. The van der Waals surface area contributed by atoms with Crippen LogP contribution in [-0.4, -0.2) is 45.2 Å². The van der Waals surface area contributed by atoms with Gasteiger partial charge in [-0.2, -0.15) is 5.10 Å². The molecule has 1 fully saturated rings. The molecule has 2 aromatic rings. The van der Waals surface area contributed by atoms with E-state index >= 15 is 0 Å². The second-order valence-electron chi connectivity index (χ2n) is 7.40. The molecule has 0 atom stereocenters. The van der Waals surface area contributed by atoms with Gasteiger partial charge in [-0.1, -0.05) is 18.2 Å². The fraction of sp³-hybridized carbons (Fsp3) is 0.450. The molecule has 7 nitrogen and oxygen atoms in total. The lowest BCUT2D eigenvalue weighted by Crippen LogP contribution is -2.54. The second kappa shape index (κ2) is 6.81. The normalized spacial score (nSPS) is 18.4. The first-order valence-electron chi connectivity index (χ1n) is 9.27. The van der Waals surface area contributed by atoms with Gasteiger partial charge < -0.3 is 15.0 Å². The second-order valence-corrected chi connectivity index (χ2v) is 7.40. The van der Waals surface area contributed by atoms with Gasteiger partial charge in [0, 0.05) is 44.1 Å². The number of anilines is 1. The molecular formula is C20H24N4O3. The lowest BCUT2D eigenvalue weighted by atomic mass is 9.84. The number of hydrogen-bond donors (Lipinski definition) is 1. The number of nitrogens with one attached hydrogen (secondary N) is 1. The number of benzene rings is 1. The monoisotopic (exact) mass is 368 g/mol. The van der Waals surface area contributed by atoms with Gasteiger partial charge in [-0.25, -0.2) is 0 Å². The summed E-state index contributed by atoms with van der Waals surface area (Å²) in [4.78, 5) is 27.7. The Morgan fingerprint density at radius 2 is 2.04 bits per heavy atom. The Kier molecular flexibility index (Phi) is 4.47. The first-order valence-corrected chi connectivity index (χ1v) is 9.27. The van der Waals surface area contributed by atoms with E-state index in [4.69, 9.17) is 4.74 Å². The Morgan fingerprint density at radius 1 is 1.30 bits per heavy atom. The van der Waals surface area contributed by atoms with Crippen LogP contribution in [-0.2, 0) is 23.1 Å². The Labute approximate surface area is 158 Å². The topological polar surface area (TPSA) is 76.5 Å². The molecule has 2 amide bonds. The van der Waals surface area contributed by atoms with E-state index in [2.05, 4.69) is 10.4 Å². The van der Waals surface area contributed by atoms with Crippen molar-refractivity contribution >= 4 is 17.6 Å². The zero-order valence-corrected chi connectivity index (χ0v) is 15.7. The molecule has 1 saturated heterocycles. The fourth-order valence-corrected chi connectivity index (χ4v) is 4.04. The Bertz CT molecular complexity index is 864. The third kappa shape index (κ3) is 3.23. The Hall–Kier alpha value is -2.67. The molecule has 2 aliphatic heterocycles. The summed E-state index contributed by atoms with van der Waals surface area (Å²) in [6.45, 7) is 3.58. The number of aryl methyl sites for hydroxylation is 2. The van der Waals surface area contributed by atoms with E-state index in [0.29, 0.717) is 38.4 Å². The van der Waals surface area contributed by atoms with Crippen LogP contribution in [0.25, 0.3) is 0 Å². The summed E-state index contributed by atoms with van der Waals surface area (Å²) in [5.74, 6) is 0.422. The zero-order valence-electron chi connectivity index (χ0n) is 15.7. The summed E-state index contributed by atoms with van der Waals surface area (Å²) in [6, 6.07) is 9.51. The molecule has 1 N–H and O–H groups in total. The minimum Gasteiger partial charge on any atom is -0.381 e. The van der Waals surface area contributed by atoms with Crippen molar-refractivity contribution in [1.29, 1.82) is 0 Å². The van der Waals surface area contributed by atoms with E-state index in [-0.39, 0.29) is 18.2 Å². The molecule has 0 spiro atoms. The molecule has 3 heterocycles. The summed E-state index contributed by atoms with van der Waals surface area (Å²) in [5, 5.41) is 7.18. The quantitative estimate of drug-likeness (QED) is 0.898. The standard InChI is InChI=1S/C20H24N4O3/c1-14-11-17(22-23(14)2)21-18(25)12-20(7-9-27-10-8-20)24-13-15-5-3-4-6-16(15)19(24)26/h3-6,11H,7-10,12-13H2,1-2H3,(H,21,22,25). The van der Waals surface area contributed by atoms with Crippen molar-refractivity contribution in [3.05, 3.63) is 47.2 Å². The molecule has 0 bridgehead atoms. The average Bonchev–Trinajstić information content (AvgIpc) is 3.15. The number of hydrogen-bond acceptors (Lipinski definition) is 4. The first kappa shape index (κ1) is 17.7. The van der Waals surface area contributed by atoms with Crippen molar-refractivity contribution in [2.24, 2.45) is 7.05 Å². The molecule has 4 rings (SSSR count). The number of fused-ring (bicyclic) bond motifs is 1. The maximum absolute atomic E-state index is 13.0. The highest BCUT2D eigenvalue weighted by Gasteiger charge is 2.46. The zero-order chi connectivity index (χ0) is 19.0. The van der Waals surface area contributed by atoms with Crippen LogP contribution < -0.4 is 5.32 Å². The van der Waals surface area contributed by atoms with Gasteiger partial charge >= 0.3 is 0 Å². The summed E-state index contributed by atoms with van der Waals surface area (Å²) in [7, 11) is 1.84. The predicted molar refractivity (Wildman–Crippen MR) is 100 cm³/mol. The largest absolute Gasteiger partial charge is 0.381 e. The highest BCUT2D eigenvalue weighted by Crippen LogP contribution is 2.38. The lowest BCUT2D eigenvalue weighted by molar-refractivity contribution is -0.120. The molecule has 0 radical (unpaired) electrons. The number of amides is 2. The average molecular weight is 368 g/mol. The lowest BCUT2D eigenvalue weighted by Gasteiger charge is -2.44. The van der Waals surface area contributed by atoms with Crippen molar-refractivity contribution in [2.75, 3.05) is 18.5 Å². The van der Waals surface area contributed by atoms with Crippen molar-refractivity contribution in [3.63, 3.8) is 0 Å². The van der Waals surface area contributed by atoms with Crippen molar-refractivity contribution in [1.82, 2.24) is 14.7 Å². The maximum Gasteiger partial charge on any atom is 0.254 e. The van der Waals surface area contributed by atoms with E-state index in [1.165, 1.54) is 0 Å². The minimum atomic E-state index is -0.526. The molecule has 1 aromatic carbocycles. The van der Waals surface area contributed by atoms with E-state index in [1.54, 1.807) is 4.68 Å². The number of rotatable bonds is 4. The molecule has 1 aromatic heterocycles. The molecular weight excluding hydrogens is 344 g/mol. The van der Waals surface area contributed by atoms with E-state index in [0.717, 1.165) is 16.8 Å². The maximum atomic E-state index is 13.0. The van der Waals surface area contributed by atoms with E-state index < -0.39 is 5.54 Å². The predicted octanol–water partition coefficient (Wildman–Crippen LogP) is 2.26. The number of ether oxygens (including phenoxy) is 1. The SMILES string of the molecule is Cc1cc(NC(=O)CC2(N3Cc4ccccc4C3=O)CCOCC2)nn1C. The number of carbonyl (C=O) groups excluding carboxylic acids is 2. The van der Waals surface area contributed by atoms with E-state index in [9.17, 15) is 9.59 Å². The van der Waals surface area contributed by atoms with Crippen LogP contribution in [0.5, 0.6) is 0 Å². The van der Waals surface area contributed by atoms with Crippen LogP contribution in [0.4, 0.5) is 5.82 Å². The van der Waals surface area contributed by atoms with Gasteiger partial charge in [0.1, 0.15) is 0 Å². The van der Waals surface area contributed by atoms with Crippen LogP contribution >= 0.6 is 0 Å². The van der Waals surface area contributed by atoms with Gasteiger partial charge in [0.2, 0.25) is 5.91 Å². The molecule has 2 aliphatic rings. The number of carbonyl (C=O) groups is 2. The van der Waals surface area contributed by atoms with E-state index in [1.807, 2.05) is 49.2 Å². The van der Waals surface area contributed by atoms with Crippen molar-refractivity contribution in [2.45, 2.75) is 38.3 Å². The van der Waals surface area contributed by atoms with Gasteiger partial charge in [0.05, 0.1) is 12.0 Å². The van der Waals surface area contributed by atoms with Crippen molar-refractivity contribution < 1.29 is 14.3 Å². The fourth-order valence-electron chi connectivity index (χ4n) is 4.04. The van der Waals surface area contributed by atoms with Crippen molar-refractivity contribution in [3.8, 4) is 0 Å². The third-order valence-electron chi connectivity index (χ3n) is 5.69. The van der Waals surface area contributed by atoms with Crippen LogP contribution in [0.15, 0.2) is 30.3 Å². The third-order valence-corrected chi connectivity index (χ3v) is 5.69. The minimum absolute atomic E-state index is 0.00832. The molecule has 7 heteroatoms. The molecule has 0 unspecified atom stereocenters. The summed E-state index contributed by atoms with van der Waals surface area (Å²) < 4.78 is 7.25. The van der Waals surface area contributed by atoms with Gasteiger partial charge in [-0.3, -0.25) is 14.3 Å². The van der Waals surface area contributed by atoms with Crippen LogP contribution in [0.2, 0.25) is 0 Å². The van der Waals surface area contributed by atoms with Gasteiger partial charge in [0.25, 0.3) is 5.91 Å². The number of aromatic nitrogens is 2. The number of nitrogens with zero attached hydrogens (tertiary/aromatic N) is 3. The van der Waals surface area contributed by atoms with Crippen LogP contribution in [0, 0.1) is 6.92 Å². The molecule has 27 heavy (non-hydrogen) atoms. The van der Waals surface area contributed by atoms with Gasteiger partial charge in [0.15, 0.2) is 5.82 Å². The van der Waals surface area contributed by atoms with Gasteiger partial charge in [-0.05, 0) is 31.4 Å². The van der Waals surface area contributed by atoms with Crippen LogP contribution in [0.1, 0.15) is 40.9 Å². The molecule has 0 saturated carbocycles. The smallest absolute Gasteiger partial charge is 0.254 e.